The largest absolute Gasteiger partial charge is 0.315 e. The van der Waals surface area contributed by atoms with Gasteiger partial charge in [-0.05, 0) is 32.9 Å². The van der Waals surface area contributed by atoms with Gasteiger partial charge in [0, 0.05) is 19.1 Å². The lowest BCUT2D eigenvalue weighted by atomic mass is 10.1. The van der Waals surface area contributed by atoms with Crippen LogP contribution in [0.2, 0.25) is 0 Å². The molecule has 1 atom stereocenters. The first kappa shape index (κ1) is 12.5. The molecule has 0 radical (unpaired) electrons. The van der Waals surface area contributed by atoms with Gasteiger partial charge in [0.25, 0.3) is 0 Å². The number of hydrogen-bond acceptors (Lipinski definition) is 4. The molecule has 1 aromatic heterocycles. The van der Waals surface area contributed by atoms with Gasteiger partial charge in [-0.2, -0.15) is 0 Å². The molecule has 96 valence electrons. The van der Waals surface area contributed by atoms with Gasteiger partial charge in [0.05, 0.1) is 6.54 Å². The van der Waals surface area contributed by atoms with E-state index in [1.165, 1.54) is 19.4 Å². The van der Waals surface area contributed by atoms with Crippen molar-refractivity contribution in [3.05, 3.63) is 12.2 Å². The summed E-state index contributed by atoms with van der Waals surface area (Å²) in [6.45, 7) is 9.77. The first-order valence-corrected chi connectivity index (χ1v) is 6.62. The highest BCUT2D eigenvalue weighted by atomic mass is 15.3. The molecule has 0 aliphatic carbocycles. The summed E-state index contributed by atoms with van der Waals surface area (Å²) in [6, 6.07) is 0.633. The summed E-state index contributed by atoms with van der Waals surface area (Å²) in [5.41, 5.74) is 0. The third kappa shape index (κ3) is 3.51. The van der Waals surface area contributed by atoms with Gasteiger partial charge in [-0.3, -0.25) is 4.90 Å². The lowest BCUT2D eigenvalue weighted by Gasteiger charge is -2.27. The monoisotopic (exact) mass is 237 g/mol. The van der Waals surface area contributed by atoms with E-state index in [9.17, 15) is 0 Å². The summed E-state index contributed by atoms with van der Waals surface area (Å²) in [4.78, 5) is 2.47. The Bertz CT molecular complexity index is 335. The van der Waals surface area contributed by atoms with Crippen molar-refractivity contribution in [3.63, 3.8) is 0 Å². The van der Waals surface area contributed by atoms with Crippen molar-refractivity contribution in [2.24, 2.45) is 0 Å². The molecule has 2 heterocycles. The van der Waals surface area contributed by atoms with Crippen LogP contribution in [0.4, 0.5) is 0 Å². The van der Waals surface area contributed by atoms with Crippen LogP contribution in [0.5, 0.6) is 0 Å². The Balaban J connectivity index is 1.68. The summed E-state index contributed by atoms with van der Waals surface area (Å²) >= 11 is 0. The molecule has 1 aromatic rings. The van der Waals surface area contributed by atoms with E-state index in [1.54, 1.807) is 0 Å². The van der Waals surface area contributed by atoms with Crippen molar-refractivity contribution in [3.8, 4) is 0 Å². The second-order valence-corrected chi connectivity index (χ2v) is 4.82. The zero-order valence-corrected chi connectivity index (χ0v) is 10.9. The highest BCUT2D eigenvalue weighted by Crippen LogP contribution is 2.10. The molecule has 0 saturated carbocycles. The average Bonchev–Trinajstić information content (AvgIpc) is 2.76. The van der Waals surface area contributed by atoms with E-state index >= 15 is 0 Å². The van der Waals surface area contributed by atoms with Gasteiger partial charge in [-0.25, -0.2) is 0 Å². The van der Waals surface area contributed by atoms with E-state index in [0.717, 1.165) is 32.0 Å². The standard InChI is InChI=1S/C12H23N5/c1-3-13-11(2)5-4-6-16-7-8-17-10-14-15-12(17)9-16/h10-11,13H,3-9H2,1-2H3. The zero-order valence-electron chi connectivity index (χ0n) is 10.9. The first-order valence-electron chi connectivity index (χ1n) is 6.62. The fourth-order valence-corrected chi connectivity index (χ4v) is 2.38. The van der Waals surface area contributed by atoms with Crippen molar-refractivity contribution in [1.29, 1.82) is 0 Å². The molecule has 5 nitrogen and oxygen atoms in total. The molecule has 0 fully saturated rings. The third-order valence-electron chi connectivity index (χ3n) is 3.38. The molecule has 17 heavy (non-hydrogen) atoms. The van der Waals surface area contributed by atoms with Crippen molar-refractivity contribution >= 4 is 0 Å². The molecule has 1 aliphatic heterocycles. The molecule has 0 amide bonds. The fraction of sp³-hybridized carbons (Fsp3) is 0.833. The van der Waals surface area contributed by atoms with Crippen LogP contribution in [0.1, 0.15) is 32.5 Å². The van der Waals surface area contributed by atoms with Gasteiger partial charge in [0.2, 0.25) is 0 Å². The average molecular weight is 237 g/mol. The summed E-state index contributed by atoms with van der Waals surface area (Å²) in [5, 5.41) is 11.5. The smallest absolute Gasteiger partial charge is 0.147 e. The summed E-state index contributed by atoms with van der Waals surface area (Å²) in [5.74, 6) is 1.11. The van der Waals surface area contributed by atoms with Crippen LogP contribution in [0.15, 0.2) is 6.33 Å². The summed E-state index contributed by atoms with van der Waals surface area (Å²) in [7, 11) is 0. The van der Waals surface area contributed by atoms with Gasteiger partial charge < -0.3 is 9.88 Å². The van der Waals surface area contributed by atoms with Crippen molar-refractivity contribution in [1.82, 2.24) is 25.0 Å². The maximum atomic E-state index is 4.14. The van der Waals surface area contributed by atoms with Crippen LogP contribution in [-0.4, -0.2) is 45.3 Å². The van der Waals surface area contributed by atoms with Gasteiger partial charge >= 0.3 is 0 Å². The van der Waals surface area contributed by atoms with E-state index < -0.39 is 0 Å². The molecule has 0 aromatic carbocycles. The predicted octanol–water partition coefficient (Wildman–Crippen LogP) is 0.872. The number of aromatic nitrogens is 3. The Morgan fingerprint density at radius 3 is 3.18 bits per heavy atom. The van der Waals surface area contributed by atoms with Gasteiger partial charge in [-0.1, -0.05) is 6.92 Å². The van der Waals surface area contributed by atoms with Crippen molar-refractivity contribution in [2.75, 3.05) is 19.6 Å². The molecule has 5 heteroatoms. The van der Waals surface area contributed by atoms with E-state index in [4.69, 9.17) is 0 Å². The minimum atomic E-state index is 0.633. The Hall–Kier alpha value is -0.940. The minimum absolute atomic E-state index is 0.633. The molecular formula is C12H23N5. The number of hydrogen-bond donors (Lipinski definition) is 1. The van der Waals surface area contributed by atoms with Crippen molar-refractivity contribution in [2.45, 2.75) is 45.8 Å². The van der Waals surface area contributed by atoms with E-state index in [-0.39, 0.29) is 0 Å². The van der Waals surface area contributed by atoms with E-state index in [2.05, 4.69) is 38.8 Å². The van der Waals surface area contributed by atoms with Gasteiger partial charge in [-0.15, -0.1) is 10.2 Å². The second kappa shape index (κ2) is 6.12. The molecule has 1 unspecified atom stereocenters. The van der Waals surface area contributed by atoms with E-state index in [1.807, 2.05) is 6.33 Å². The van der Waals surface area contributed by atoms with Crippen LogP contribution < -0.4 is 5.32 Å². The normalized spacial score (nSPS) is 18.0. The second-order valence-electron chi connectivity index (χ2n) is 4.82. The molecular weight excluding hydrogens is 214 g/mol. The molecule has 1 aliphatic rings. The molecule has 1 N–H and O–H groups in total. The highest BCUT2D eigenvalue weighted by Gasteiger charge is 2.16. The Morgan fingerprint density at radius 2 is 2.35 bits per heavy atom. The number of nitrogens with zero attached hydrogens (tertiary/aromatic N) is 4. The fourth-order valence-electron chi connectivity index (χ4n) is 2.38. The van der Waals surface area contributed by atoms with Crippen molar-refractivity contribution < 1.29 is 0 Å². The predicted molar refractivity (Wildman–Crippen MR) is 67.7 cm³/mol. The lowest BCUT2D eigenvalue weighted by molar-refractivity contribution is 0.210. The maximum Gasteiger partial charge on any atom is 0.147 e. The minimum Gasteiger partial charge on any atom is -0.315 e. The first-order chi connectivity index (χ1) is 8.29. The summed E-state index contributed by atoms with van der Waals surface area (Å²) < 4.78 is 2.15. The quantitative estimate of drug-likeness (QED) is 0.797. The van der Waals surface area contributed by atoms with Crippen LogP contribution >= 0.6 is 0 Å². The SMILES string of the molecule is CCNC(C)CCCN1CCn2cnnc2C1. The van der Waals surface area contributed by atoms with Crippen LogP contribution in [-0.2, 0) is 13.1 Å². The molecule has 0 bridgehead atoms. The Kier molecular flexibility index (Phi) is 4.50. The van der Waals surface area contributed by atoms with Gasteiger partial charge in [0.1, 0.15) is 12.2 Å². The van der Waals surface area contributed by atoms with Crippen LogP contribution in [0.3, 0.4) is 0 Å². The topological polar surface area (TPSA) is 46.0 Å². The van der Waals surface area contributed by atoms with Gasteiger partial charge in [0.15, 0.2) is 0 Å². The lowest BCUT2D eigenvalue weighted by Crippen LogP contribution is -2.35. The van der Waals surface area contributed by atoms with Crippen LogP contribution in [0.25, 0.3) is 0 Å². The number of rotatable bonds is 6. The molecule has 0 spiro atoms. The van der Waals surface area contributed by atoms with E-state index in [0.29, 0.717) is 6.04 Å². The summed E-state index contributed by atoms with van der Waals surface area (Å²) in [6.07, 6.45) is 4.33. The molecule has 0 saturated heterocycles. The molecule has 2 rings (SSSR count). The highest BCUT2D eigenvalue weighted by molar-refractivity contribution is 4.89. The third-order valence-corrected chi connectivity index (χ3v) is 3.38. The Labute approximate surface area is 103 Å². The number of nitrogens with one attached hydrogen (secondary N) is 1. The Morgan fingerprint density at radius 1 is 1.47 bits per heavy atom. The maximum absolute atomic E-state index is 4.14. The number of fused-ring (bicyclic) bond motifs is 1. The zero-order chi connectivity index (χ0) is 12.1. The van der Waals surface area contributed by atoms with Crippen LogP contribution in [0, 0.1) is 0 Å².